The molecule has 128 valence electrons. The van der Waals surface area contributed by atoms with Crippen LogP contribution in [-0.2, 0) is 25.8 Å². The Kier molecular flexibility index (Phi) is 7.11. The standard InChI is InChI=1S/C12H19.C11H11.Hf/c1-11(2,3)12(4,5)10-8-6-7-9-10;1-8-7-9(2)11-6-4-3-5-10(8)11;/h6,8H,7H2,1-5H3;3-7H,1-2H3;/q2*-1;. The van der Waals surface area contributed by atoms with Crippen molar-refractivity contribution in [1.29, 1.82) is 0 Å². The Morgan fingerprint density at radius 1 is 1.04 bits per heavy atom. The Bertz CT molecular complexity index is 697. The summed E-state index contributed by atoms with van der Waals surface area (Å²) in [5.74, 6) is 0. The largest absolute Gasteiger partial charge is 0.269 e. The minimum absolute atomic E-state index is 0. The van der Waals surface area contributed by atoms with Crippen molar-refractivity contribution in [2.24, 2.45) is 10.8 Å². The quantitative estimate of drug-likeness (QED) is 0.304. The van der Waals surface area contributed by atoms with Gasteiger partial charge in [-0.1, -0.05) is 54.5 Å². The fraction of sp³-hybridized carbons (Fsp3) is 0.435. The molecule has 1 aliphatic rings. The fourth-order valence-corrected chi connectivity index (χ4v) is 2.89. The smallest absolute Gasteiger partial charge is 0 e. The van der Waals surface area contributed by atoms with E-state index in [4.69, 9.17) is 0 Å². The Morgan fingerprint density at radius 2 is 1.67 bits per heavy atom. The molecule has 2 aromatic carbocycles. The SMILES string of the molecule is CC(C)(C)C(C)(C)C1=[C-]CC=C1.Cc1c[c-](C)c2ccccc12.[Hf]. The summed E-state index contributed by atoms with van der Waals surface area (Å²) < 4.78 is 0. The van der Waals surface area contributed by atoms with Crippen molar-refractivity contribution in [3.05, 3.63) is 65.3 Å². The number of benzene rings is 1. The number of allylic oxidation sites excluding steroid dienone is 4. The molecule has 0 atom stereocenters. The first-order valence-electron chi connectivity index (χ1n) is 8.54. The van der Waals surface area contributed by atoms with Gasteiger partial charge in [-0.2, -0.15) is 11.6 Å². The first-order valence-corrected chi connectivity index (χ1v) is 8.54. The molecule has 0 heterocycles. The third-order valence-corrected chi connectivity index (χ3v) is 5.45. The topological polar surface area (TPSA) is 0 Å². The van der Waals surface area contributed by atoms with Crippen molar-refractivity contribution in [2.75, 3.05) is 0 Å². The normalized spacial score (nSPS) is 14.0. The van der Waals surface area contributed by atoms with E-state index < -0.39 is 0 Å². The van der Waals surface area contributed by atoms with E-state index >= 15 is 0 Å². The summed E-state index contributed by atoms with van der Waals surface area (Å²) in [7, 11) is 0. The molecule has 0 unspecified atom stereocenters. The van der Waals surface area contributed by atoms with Gasteiger partial charge in [-0.25, -0.2) is 11.6 Å². The molecule has 24 heavy (non-hydrogen) atoms. The van der Waals surface area contributed by atoms with Gasteiger partial charge >= 0.3 is 0 Å². The Morgan fingerprint density at radius 3 is 2.17 bits per heavy atom. The predicted molar refractivity (Wildman–Crippen MR) is 103 cm³/mol. The number of aryl methyl sites for hydroxylation is 2. The van der Waals surface area contributed by atoms with Crippen molar-refractivity contribution >= 4 is 10.8 Å². The molecule has 2 aromatic rings. The van der Waals surface area contributed by atoms with Gasteiger partial charge in [-0.3, -0.25) is 6.08 Å². The van der Waals surface area contributed by atoms with Gasteiger partial charge in [0.05, 0.1) is 0 Å². The minimum atomic E-state index is 0. The molecule has 0 N–H and O–H groups in total. The van der Waals surface area contributed by atoms with Crippen molar-refractivity contribution in [2.45, 2.75) is 54.9 Å². The summed E-state index contributed by atoms with van der Waals surface area (Å²) in [4.78, 5) is 0. The van der Waals surface area contributed by atoms with E-state index in [1.165, 1.54) is 27.5 Å². The Labute approximate surface area is 167 Å². The monoisotopic (exact) mass is 486 g/mol. The maximum absolute atomic E-state index is 3.41. The average Bonchev–Trinajstić information content (AvgIpc) is 3.09. The molecular weight excluding hydrogens is 455 g/mol. The van der Waals surface area contributed by atoms with Gasteiger partial charge in [0, 0.05) is 25.8 Å². The number of fused-ring (bicyclic) bond motifs is 1. The van der Waals surface area contributed by atoms with E-state index in [0.717, 1.165) is 6.42 Å². The first kappa shape index (κ1) is 21.2. The van der Waals surface area contributed by atoms with Gasteiger partial charge in [-0.15, -0.1) is 47.0 Å². The number of rotatable bonds is 1. The van der Waals surface area contributed by atoms with Gasteiger partial charge in [0.25, 0.3) is 0 Å². The zero-order valence-electron chi connectivity index (χ0n) is 16.2. The van der Waals surface area contributed by atoms with Crippen LogP contribution in [0.15, 0.2) is 48.1 Å². The summed E-state index contributed by atoms with van der Waals surface area (Å²) in [6.45, 7) is 15.8. The second-order valence-electron chi connectivity index (χ2n) is 8.13. The minimum Gasteiger partial charge on any atom is -0.269 e. The van der Waals surface area contributed by atoms with Crippen LogP contribution in [0.25, 0.3) is 10.8 Å². The van der Waals surface area contributed by atoms with Crippen LogP contribution in [0.4, 0.5) is 0 Å². The van der Waals surface area contributed by atoms with Crippen molar-refractivity contribution < 1.29 is 25.8 Å². The van der Waals surface area contributed by atoms with Crippen molar-refractivity contribution in [3.8, 4) is 0 Å². The number of hydrogen-bond donors (Lipinski definition) is 0. The predicted octanol–water partition coefficient (Wildman–Crippen LogP) is 6.92. The van der Waals surface area contributed by atoms with Crippen molar-refractivity contribution in [1.82, 2.24) is 0 Å². The molecule has 0 spiro atoms. The molecule has 1 aliphatic carbocycles. The number of hydrogen-bond acceptors (Lipinski definition) is 0. The molecule has 0 nitrogen and oxygen atoms in total. The molecule has 0 aromatic heterocycles. The summed E-state index contributed by atoms with van der Waals surface area (Å²) in [5.41, 5.74) is 4.69. The Balaban J connectivity index is 0.000000231. The van der Waals surface area contributed by atoms with Gasteiger partial charge in [0.2, 0.25) is 0 Å². The van der Waals surface area contributed by atoms with Crippen LogP contribution in [0.2, 0.25) is 0 Å². The van der Waals surface area contributed by atoms with Crippen LogP contribution >= 0.6 is 0 Å². The van der Waals surface area contributed by atoms with E-state index in [1.54, 1.807) is 0 Å². The van der Waals surface area contributed by atoms with Crippen molar-refractivity contribution in [3.63, 3.8) is 0 Å². The van der Waals surface area contributed by atoms with Gasteiger partial charge < -0.3 is 0 Å². The van der Waals surface area contributed by atoms with Crippen LogP contribution in [0.1, 0.15) is 52.2 Å². The molecule has 0 saturated carbocycles. The van der Waals surface area contributed by atoms with Crippen LogP contribution < -0.4 is 0 Å². The molecule has 0 amide bonds. The molecule has 0 radical (unpaired) electrons. The Hall–Kier alpha value is -0.820. The second kappa shape index (κ2) is 8.04. The zero-order valence-corrected chi connectivity index (χ0v) is 19.8. The zero-order chi connectivity index (χ0) is 17.3. The first-order chi connectivity index (χ1) is 10.6. The van der Waals surface area contributed by atoms with Crippen LogP contribution in [0.5, 0.6) is 0 Å². The third-order valence-electron chi connectivity index (χ3n) is 5.45. The van der Waals surface area contributed by atoms with Gasteiger partial charge in [0.1, 0.15) is 0 Å². The maximum atomic E-state index is 3.41. The maximum Gasteiger partial charge on any atom is 0 e. The van der Waals surface area contributed by atoms with E-state index in [9.17, 15) is 0 Å². The van der Waals surface area contributed by atoms with E-state index in [2.05, 4.69) is 97.0 Å². The third kappa shape index (κ3) is 4.42. The van der Waals surface area contributed by atoms with Crippen LogP contribution in [-0.4, -0.2) is 0 Å². The van der Waals surface area contributed by atoms with E-state index in [-0.39, 0.29) is 31.3 Å². The van der Waals surface area contributed by atoms with Gasteiger partial charge in [0.15, 0.2) is 0 Å². The summed E-state index contributed by atoms with van der Waals surface area (Å²) >= 11 is 0. The molecule has 0 saturated heterocycles. The molecule has 3 rings (SSSR count). The van der Waals surface area contributed by atoms with Gasteiger partial charge in [-0.05, 0) is 10.8 Å². The molecule has 1 heteroatoms. The molecule has 0 aliphatic heterocycles. The summed E-state index contributed by atoms with van der Waals surface area (Å²) in [5, 5.41) is 2.79. The average molecular weight is 485 g/mol. The van der Waals surface area contributed by atoms with E-state index in [0.29, 0.717) is 5.41 Å². The second-order valence-corrected chi connectivity index (χ2v) is 8.13. The molecule has 0 fully saturated rings. The molecule has 0 bridgehead atoms. The fourth-order valence-electron chi connectivity index (χ4n) is 2.89. The van der Waals surface area contributed by atoms with Crippen LogP contribution in [0, 0.1) is 30.8 Å². The van der Waals surface area contributed by atoms with Crippen LogP contribution in [0.3, 0.4) is 0 Å². The summed E-state index contributed by atoms with van der Waals surface area (Å²) in [6, 6.07) is 10.8. The van der Waals surface area contributed by atoms with E-state index in [1.807, 2.05) is 0 Å². The summed E-state index contributed by atoms with van der Waals surface area (Å²) in [6.07, 6.45) is 8.80. The molecular formula is C23H30Hf-2.